The molecule has 1 fully saturated rings. The normalized spacial score (nSPS) is 22.7. The van der Waals surface area contributed by atoms with Crippen molar-refractivity contribution in [1.82, 2.24) is 4.90 Å². The van der Waals surface area contributed by atoms with Crippen molar-refractivity contribution in [3.63, 3.8) is 0 Å². The standard InChI is InChI=1S/C9H16N2.Y/c1-11(2)8-10-7-9-5-3-4-6-9;/h5,9H,3-4,6-7H2,1-2H3;/q-2;. The first kappa shape index (κ1) is 12.6. The van der Waals surface area contributed by atoms with Crippen LogP contribution >= 0.6 is 0 Å². The molecule has 67 valence electrons. The second-order valence-corrected chi connectivity index (χ2v) is 3.26. The quantitative estimate of drug-likeness (QED) is 0.316. The van der Waals surface area contributed by atoms with E-state index in [1.807, 2.05) is 19.0 Å². The van der Waals surface area contributed by atoms with E-state index < -0.39 is 0 Å². The van der Waals surface area contributed by atoms with Gasteiger partial charge in [-0.15, -0.1) is 0 Å². The van der Waals surface area contributed by atoms with Gasteiger partial charge in [0.25, 0.3) is 0 Å². The van der Waals surface area contributed by atoms with E-state index in [0.717, 1.165) is 12.5 Å². The summed E-state index contributed by atoms with van der Waals surface area (Å²) in [6, 6.07) is 0. The van der Waals surface area contributed by atoms with Crippen molar-refractivity contribution in [2.24, 2.45) is 10.9 Å². The molecule has 1 aliphatic rings. The number of hydrogen-bond donors (Lipinski definition) is 0. The summed E-state index contributed by atoms with van der Waals surface area (Å²) in [4.78, 5) is 6.05. The van der Waals surface area contributed by atoms with Gasteiger partial charge in [-0.05, 0) is 20.6 Å². The van der Waals surface area contributed by atoms with E-state index in [1.54, 1.807) is 0 Å². The Labute approximate surface area is 101 Å². The Balaban J connectivity index is 0.00000121. The maximum Gasteiger partial charge on any atom is 0 e. The van der Waals surface area contributed by atoms with Gasteiger partial charge in [-0.25, -0.2) is 0 Å². The molecule has 0 aliphatic heterocycles. The van der Waals surface area contributed by atoms with E-state index >= 15 is 0 Å². The molecule has 0 bridgehead atoms. The van der Waals surface area contributed by atoms with Crippen LogP contribution in [0.1, 0.15) is 19.3 Å². The van der Waals surface area contributed by atoms with Crippen molar-refractivity contribution in [2.75, 3.05) is 20.6 Å². The van der Waals surface area contributed by atoms with Gasteiger partial charge < -0.3 is 16.3 Å². The van der Waals surface area contributed by atoms with E-state index in [4.69, 9.17) is 0 Å². The Bertz CT molecular complexity index is 128. The Kier molecular flexibility index (Phi) is 7.36. The maximum absolute atomic E-state index is 4.20. The minimum absolute atomic E-state index is 0. The molecular weight excluding hydrogens is 225 g/mol. The summed E-state index contributed by atoms with van der Waals surface area (Å²) in [6.07, 6.45) is 9.23. The first-order chi connectivity index (χ1) is 5.29. The second kappa shape index (κ2) is 7.02. The van der Waals surface area contributed by atoms with Crippen molar-refractivity contribution in [3.8, 4) is 0 Å². The van der Waals surface area contributed by atoms with Crippen LogP contribution in [-0.4, -0.2) is 31.9 Å². The van der Waals surface area contributed by atoms with Crippen molar-refractivity contribution in [2.45, 2.75) is 19.3 Å². The molecule has 0 aromatic heterocycles. The van der Waals surface area contributed by atoms with Crippen LogP contribution in [0.15, 0.2) is 4.99 Å². The third kappa shape index (κ3) is 5.26. The fourth-order valence-electron chi connectivity index (χ4n) is 1.32. The molecule has 3 heteroatoms. The van der Waals surface area contributed by atoms with E-state index in [2.05, 4.69) is 17.8 Å². The molecule has 0 N–H and O–H groups in total. The fourth-order valence-corrected chi connectivity index (χ4v) is 1.32. The smallest absolute Gasteiger partial charge is 0 e. The van der Waals surface area contributed by atoms with Crippen LogP contribution in [0.2, 0.25) is 0 Å². The molecule has 0 saturated heterocycles. The second-order valence-electron chi connectivity index (χ2n) is 3.26. The minimum atomic E-state index is 0. The van der Waals surface area contributed by atoms with Crippen LogP contribution in [0.3, 0.4) is 0 Å². The number of nitrogens with zero attached hydrogens (tertiary/aromatic N) is 2. The van der Waals surface area contributed by atoms with Crippen LogP contribution < -0.4 is 0 Å². The monoisotopic (exact) mass is 241 g/mol. The summed E-state index contributed by atoms with van der Waals surface area (Å²) in [5.74, 6) is 0.724. The zero-order chi connectivity index (χ0) is 8.10. The third-order valence-corrected chi connectivity index (χ3v) is 1.88. The Morgan fingerprint density at radius 3 is 2.83 bits per heavy atom. The number of hydrogen-bond acceptors (Lipinski definition) is 1. The zero-order valence-corrected chi connectivity index (χ0v) is 10.8. The molecular formula is C9H16N2Y-2. The molecule has 1 aliphatic carbocycles. The van der Waals surface area contributed by atoms with Crippen molar-refractivity contribution in [1.29, 1.82) is 0 Å². The Morgan fingerprint density at radius 2 is 2.33 bits per heavy atom. The largest absolute Gasteiger partial charge is 0.542 e. The summed E-state index contributed by atoms with van der Waals surface area (Å²) in [6.45, 7) is 0.929. The first-order valence-corrected chi connectivity index (χ1v) is 4.22. The van der Waals surface area contributed by atoms with Gasteiger partial charge in [-0.2, -0.15) is 12.3 Å². The fraction of sp³-hybridized carbons (Fsp3) is 0.778. The Morgan fingerprint density at radius 1 is 1.58 bits per heavy atom. The molecule has 1 atom stereocenters. The molecule has 1 rings (SSSR count). The van der Waals surface area contributed by atoms with Crippen molar-refractivity contribution < 1.29 is 32.7 Å². The molecule has 0 aromatic carbocycles. The van der Waals surface area contributed by atoms with Crippen LogP contribution in [0.25, 0.3) is 0 Å². The van der Waals surface area contributed by atoms with Gasteiger partial charge in [-0.1, -0.05) is 12.8 Å². The topological polar surface area (TPSA) is 15.6 Å². The molecule has 0 heterocycles. The first-order valence-electron chi connectivity index (χ1n) is 4.22. The molecule has 2 nitrogen and oxygen atoms in total. The van der Waals surface area contributed by atoms with Gasteiger partial charge in [0.1, 0.15) is 0 Å². The van der Waals surface area contributed by atoms with E-state index in [0.29, 0.717) is 0 Å². The molecule has 0 aromatic rings. The summed E-state index contributed by atoms with van der Waals surface area (Å²) >= 11 is 0. The Hall–Kier alpha value is 0.574. The number of aliphatic imine (C=N–C) groups is 1. The van der Waals surface area contributed by atoms with Crippen molar-refractivity contribution in [3.05, 3.63) is 6.42 Å². The zero-order valence-electron chi connectivity index (χ0n) is 7.95. The summed E-state index contributed by atoms with van der Waals surface area (Å²) < 4.78 is 0. The average molecular weight is 241 g/mol. The SMILES string of the molecule is CN(C)[C-]=NCC1[CH-]CCC1.[Y]. The molecule has 1 radical (unpaired) electrons. The molecule has 1 saturated carbocycles. The van der Waals surface area contributed by atoms with Crippen LogP contribution in [0, 0.1) is 12.3 Å². The predicted octanol–water partition coefficient (Wildman–Crippen LogP) is 1.46. The number of rotatable bonds is 3. The molecule has 1 unspecified atom stereocenters. The summed E-state index contributed by atoms with van der Waals surface area (Å²) in [5.41, 5.74) is 0. The van der Waals surface area contributed by atoms with Crippen molar-refractivity contribution >= 4 is 6.34 Å². The van der Waals surface area contributed by atoms with Crippen LogP contribution in [0.4, 0.5) is 0 Å². The van der Waals surface area contributed by atoms with E-state index in [1.165, 1.54) is 19.3 Å². The molecule has 0 amide bonds. The maximum atomic E-state index is 4.20. The summed E-state index contributed by atoms with van der Waals surface area (Å²) in [7, 11) is 3.89. The van der Waals surface area contributed by atoms with Gasteiger partial charge >= 0.3 is 0 Å². The predicted molar refractivity (Wildman–Crippen MR) is 47.6 cm³/mol. The van der Waals surface area contributed by atoms with E-state index in [-0.39, 0.29) is 32.7 Å². The van der Waals surface area contributed by atoms with Crippen LogP contribution in [-0.2, 0) is 32.7 Å². The van der Waals surface area contributed by atoms with Gasteiger partial charge in [-0.3, -0.25) is 6.34 Å². The van der Waals surface area contributed by atoms with E-state index in [9.17, 15) is 0 Å². The van der Waals surface area contributed by atoms with Gasteiger partial charge in [0.2, 0.25) is 0 Å². The molecule has 0 spiro atoms. The van der Waals surface area contributed by atoms with Gasteiger partial charge in [0.15, 0.2) is 0 Å². The third-order valence-electron chi connectivity index (χ3n) is 1.88. The van der Waals surface area contributed by atoms with Gasteiger partial charge in [0.05, 0.1) is 0 Å². The minimum Gasteiger partial charge on any atom is -0.542 e. The van der Waals surface area contributed by atoms with Gasteiger partial charge in [0, 0.05) is 32.7 Å². The average Bonchev–Trinajstić information content (AvgIpc) is 2.39. The van der Waals surface area contributed by atoms with Crippen LogP contribution in [0.5, 0.6) is 0 Å². The summed E-state index contributed by atoms with van der Waals surface area (Å²) in [5, 5.41) is 0. The molecule has 12 heavy (non-hydrogen) atoms.